The van der Waals surface area contributed by atoms with Crippen molar-refractivity contribution >= 4 is 0 Å². The molecule has 0 aliphatic carbocycles. The minimum atomic E-state index is 0.985. The van der Waals surface area contributed by atoms with Gasteiger partial charge in [0.15, 0.2) is 0 Å². The van der Waals surface area contributed by atoms with Crippen LogP contribution in [0.4, 0.5) is 0 Å². The van der Waals surface area contributed by atoms with Crippen molar-refractivity contribution in [1.29, 1.82) is 0 Å². The number of allylic oxidation sites excluding steroid dienone is 1. The number of benzene rings is 1. The summed E-state index contributed by atoms with van der Waals surface area (Å²) in [6.07, 6.45) is 2.94. The van der Waals surface area contributed by atoms with Gasteiger partial charge in [0.25, 0.3) is 0 Å². The number of hydrogen-bond donors (Lipinski definition) is 0. The van der Waals surface area contributed by atoms with Gasteiger partial charge in [-0.1, -0.05) is 24.3 Å². The lowest BCUT2D eigenvalue weighted by molar-refractivity contribution is 1.17. The summed E-state index contributed by atoms with van der Waals surface area (Å²) in [6.45, 7) is 8.03. The van der Waals surface area contributed by atoms with E-state index in [1.165, 1.54) is 16.7 Å². The van der Waals surface area contributed by atoms with E-state index in [1.807, 2.05) is 6.08 Å². The largest absolute Gasteiger partial charge is 0.103 e. The van der Waals surface area contributed by atoms with Crippen LogP contribution in [-0.2, 0) is 6.42 Å². The summed E-state index contributed by atoms with van der Waals surface area (Å²) in [4.78, 5) is 0. The molecule has 0 saturated heterocycles. The van der Waals surface area contributed by atoms with E-state index < -0.39 is 0 Å². The van der Waals surface area contributed by atoms with Crippen molar-refractivity contribution in [2.24, 2.45) is 0 Å². The lowest BCUT2D eigenvalue weighted by atomic mass is 10.0. The molecular weight excluding hydrogens is 132 g/mol. The third-order valence-electron chi connectivity index (χ3n) is 1.99. The molecule has 0 unspecified atom stereocenters. The molecule has 0 radical (unpaired) electrons. The minimum absolute atomic E-state index is 0.985. The van der Waals surface area contributed by atoms with E-state index in [9.17, 15) is 0 Å². The smallest absolute Gasteiger partial charge is 0.00949 e. The Morgan fingerprint density at radius 3 is 2.27 bits per heavy atom. The van der Waals surface area contributed by atoms with Gasteiger partial charge >= 0.3 is 0 Å². The van der Waals surface area contributed by atoms with Crippen molar-refractivity contribution in [3.63, 3.8) is 0 Å². The normalized spacial score (nSPS) is 9.64. The molecule has 1 aromatic carbocycles. The second kappa shape index (κ2) is 3.38. The van der Waals surface area contributed by atoms with Crippen LogP contribution in [0.15, 0.2) is 30.9 Å². The summed E-state index contributed by atoms with van der Waals surface area (Å²) in [5.41, 5.74) is 4.15. The van der Waals surface area contributed by atoms with Crippen molar-refractivity contribution in [3.05, 3.63) is 47.5 Å². The summed E-state index contributed by atoms with van der Waals surface area (Å²) >= 11 is 0. The van der Waals surface area contributed by atoms with Crippen LogP contribution in [0.1, 0.15) is 16.7 Å². The average Bonchev–Trinajstić information content (AvgIpc) is 1.97. The Kier molecular flexibility index (Phi) is 2.48. The molecule has 0 aromatic heterocycles. The first-order valence-electron chi connectivity index (χ1n) is 3.91. The summed E-state index contributed by atoms with van der Waals surface area (Å²) in [6, 6.07) is 6.38. The molecule has 0 aliphatic heterocycles. The van der Waals surface area contributed by atoms with Gasteiger partial charge in [-0.2, -0.15) is 0 Å². The maximum absolute atomic E-state index is 3.74. The molecule has 0 saturated carbocycles. The van der Waals surface area contributed by atoms with Crippen LogP contribution in [0.25, 0.3) is 0 Å². The zero-order chi connectivity index (χ0) is 8.27. The molecule has 0 nitrogen and oxygen atoms in total. The molecular formula is C11H14. The molecule has 1 aromatic rings. The van der Waals surface area contributed by atoms with Gasteiger partial charge < -0.3 is 0 Å². The van der Waals surface area contributed by atoms with Crippen molar-refractivity contribution < 1.29 is 0 Å². The first kappa shape index (κ1) is 8.06. The van der Waals surface area contributed by atoms with E-state index >= 15 is 0 Å². The molecule has 58 valence electrons. The molecule has 0 aliphatic rings. The third kappa shape index (κ3) is 1.70. The standard InChI is InChI=1S/C11H14/c1-4-6-11-9(2)7-5-8-10(11)3/h4-5,7-8H,1,6H2,2-3H3. The Balaban J connectivity index is 3.09. The molecule has 0 heterocycles. The van der Waals surface area contributed by atoms with Crippen LogP contribution in [0, 0.1) is 13.8 Å². The molecule has 0 spiro atoms. The van der Waals surface area contributed by atoms with E-state index in [1.54, 1.807) is 0 Å². The lowest BCUT2D eigenvalue weighted by Gasteiger charge is -2.05. The Bertz CT molecular complexity index is 238. The van der Waals surface area contributed by atoms with Crippen molar-refractivity contribution in [3.8, 4) is 0 Å². The highest BCUT2D eigenvalue weighted by atomic mass is 14.0. The van der Waals surface area contributed by atoms with Gasteiger partial charge in [0, 0.05) is 0 Å². The van der Waals surface area contributed by atoms with Crippen LogP contribution in [0.5, 0.6) is 0 Å². The topological polar surface area (TPSA) is 0 Å². The van der Waals surface area contributed by atoms with Crippen LogP contribution in [-0.4, -0.2) is 0 Å². The highest BCUT2D eigenvalue weighted by molar-refractivity contribution is 5.34. The Morgan fingerprint density at radius 2 is 1.82 bits per heavy atom. The van der Waals surface area contributed by atoms with Gasteiger partial charge in [-0.05, 0) is 37.0 Å². The predicted molar refractivity (Wildman–Crippen MR) is 49.8 cm³/mol. The zero-order valence-corrected chi connectivity index (χ0v) is 7.22. The summed E-state index contributed by atoms with van der Waals surface area (Å²) in [5, 5.41) is 0. The molecule has 0 fully saturated rings. The van der Waals surface area contributed by atoms with E-state index in [-0.39, 0.29) is 0 Å². The molecule has 1 rings (SSSR count). The van der Waals surface area contributed by atoms with Gasteiger partial charge in [-0.15, -0.1) is 6.58 Å². The van der Waals surface area contributed by atoms with E-state index in [4.69, 9.17) is 0 Å². The SMILES string of the molecule is C=CCc1c(C)cccc1C. The second-order valence-corrected chi connectivity index (χ2v) is 2.86. The zero-order valence-electron chi connectivity index (χ0n) is 7.22. The quantitative estimate of drug-likeness (QED) is 0.562. The first-order chi connectivity index (χ1) is 5.25. The Hall–Kier alpha value is -1.04. The van der Waals surface area contributed by atoms with Gasteiger partial charge in [0.2, 0.25) is 0 Å². The fourth-order valence-electron chi connectivity index (χ4n) is 1.32. The number of hydrogen-bond acceptors (Lipinski definition) is 0. The van der Waals surface area contributed by atoms with Crippen molar-refractivity contribution in [2.45, 2.75) is 20.3 Å². The number of aryl methyl sites for hydroxylation is 2. The molecule has 0 amide bonds. The summed E-state index contributed by atoms with van der Waals surface area (Å²) in [5.74, 6) is 0. The van der Waals surface area contributed by atoms with Crippen LogP contribution in [0.3, 0.4) is 0 Å². The Labute approximate surface area is 68.6 Å². The molecule has 0 N–H and O–H groups in total. The fraction of sp³-hybridized carbons (Fsp3) is 0.273. The molecule has 0 atom stereocenters. The van der Waals surface area contributed by atoms with E-state index in [0.29, 0.717) is 0 Å². The fourth-order valence-corrected chi connectivity index (χ4v) is 1.32. The van der Waals surface area contributed by atoms with Crippen LogP contribution in [0.2, 0.25) is 0 Å². The van der Waals surface area contributed by atoms with Gasteiger partial charge in [0.1, 0.15) is 0 Å². The number of rotatable bonds is 2. The van der Waals surface area contributed by atoms with Crippen LogP contribution < -0.4 is 0 Å². The predicted octanol–water partition coefficient (Wildman–Crippen LogP) is 3.03. The van der Waals surface area contributed by atoms with E-state index in [0.717, 1.165) is 6.42 Å². The molecule has 11 heavy (non-hydrogen) atoms. The monoisotopic (exact) mass is 146 g/mol. The summed E-state index contributed by atoms with van der Waals surface area (Å²) in [7, 11) is 0. The maximum atomic E-state index is 3.74. The highest BCUT2D eigenvalue weighted by Gasteiger charge is 1.97. The molecule has 0 bridgehead atoms. The van der Waals surface area contributed by atoms with Gasteiger partial charge in [-0.3, -0.25) is 0 Å². The highest BCUT2D eigenvalue weighted by Crippen LogP contribution is 2.13. The molecule has 0 heteroatoms. The first-order valence-corrected chi connectivity index (χ1v) is 3.91. The van der Waals surface area contributed by atoms with E-state index in [2.05, 4.69) is 38.6 Å². The van der Waals surface area contributed by atoms with Gasteiger partial charge in [0.05, 0.1) is 0 Å². The second-order valence-electron chi connectivity index (χ2n) is 2.86. The van der Waals surface area contributed by atoms with Crippen molar-refractivity contribution in [1.82, 2.24) is 0 Å². The Morgan fingerprint density at radius 1 is 1.27 bits per heavy atom. The van der Waals surface area contributed by atoms with Gasteiger partial charge in [-0.25, -0.2) is 0 Å². The maximum Gasteiger partial charge on any atom is -0.00949 e. The minimum Gasteiger partial charge on any atom is -0.103 e. The summed E-state index contributed by atoms with van der Waals surface area (Å²) < 4.78 is 0. The average molecular weight is 146 g/mol. The lowest BCUT2D eigenvalue weighted by Crippen LogP contribution is -1.90. The van der Waals surface area contributed by atoms with Crippen LogP contribution >= 0.6 is 0 Å². The van der Waals surface area contributed by atoms with Crippen molar-refractivity contribution in [2.75, 3.05) is 0 Å². The third-order valence-corrected chi connectivity index (χ3v) is 1.99.